The van der Waals surface area contributed by atoms with Crippen molar-refractivity contribution in [3.8, 4) is 0 Å². The zero-order valence-electron chi connectivity index (χ0n) is 10.8. The molecule has 3 heteroatoms. The van der Waals surface area contributed by atoms with Crippen molar-refractivity contribution in [2.75, 3.05) is 5.75 Å². The van der Waals surface area contributed by atoms with Gasteiger partial charge in [0, 0.05) is 15.8 Å². The molecule has 0 aliphatic carbocycles. The van der Waals surface area contributed by atoms with Gasteiger partial charge in [0.25, 0.3) is 0 Å². The first-order chi connectivity index (χ1) is 8.04. The lowest BCUT2D eigenvalue weighted by molar-refractivity contribution is 0.631. The lowest BCUT2D eigenvalue weighted by Crippen LogP contribution is -2.23. The van der Waals surface area contributed by atoms with E-state index < -0.39 is 0 Å². The van der Waals surface area contributed by atoms with Crippen LogP contribution in [0.4, 0.5) is 0 Å². The van der Waals surface area contributed by atoms with Crippen molar-refractivity contribution < 1.29 is 0 Å². The van der Waals surface area contributed by atoms with E-state index in [4.69, 9.17) is 5.73 Å². The third-order valence-corrected chi connectivity index (χ3v) is 5.23. The summed E-state index contributed by atoms with van der Waals surface area (Å²) in [4.78, 5) is 0. The predicted octanol–water partition coefficient (Wildman–Crippen LogP) is 4.62. The van der Waals surface area contributed by atoms with Crippen LogP contribution in [-0.2, 0) is 0 Å². The summed E-state index contributed by atoms with van der Waals surface area (Å²) in [5.74, 6) is 1.93. The normalized spacial score (nSPS) is 16.5. The van der Waals surface area contributed by atoms with Gasteiger partial charge >= 0.3 is 0 Å². The summed E-state index contributed by atoms with van der Waals surface area (Å²) in [5.41, 5.74) is 7.43. The number of hydrogen-bond donors (Lipinski definition) is 1. The average Bonchev–Trinajstić information content (AvgIpc) is 2.28. The zero-order chi connectivity index (χ0) is 12.8. The van der Waals surface area contributed by atoms with Crippen molar-refractivity contribution in [3.05, 3.63) is 34.3 Å². The summed E-state index contributed by atoms with van der Waals surface area (Å²) in [5, 5.41) is 0.390. The molecule has 1 nitrogen and oxygen atoms in total. The minimum Gasteiger partial charge on any atom is -0.327 e. The van der Waals surface area contributed by atoms with Crippen LogP contribution in [-0.4, -0.2) is 11.8 Å². The second-order valence-electron chi connectivity index (χ2n) is 4.68. The second kappa shape index (κ2) is 7.45. The van der Waals surface area contributed by atoms with Gasteiger partial charge in [0.05, 0.1) is 0 Å². The molecule has 0 saturated carbocycles. The van der Waals surface area contributed by atoms with E-state index in [9.17, 15) is 0 Å². The Balaban J connectivity index is 2.72. The van der Waals surface area contributed by atoms with Crippen LogP contribution < -0.4 is 5.73 Å². The number of benzene rings is 1. The topological polar surface area (TPSA) is 26.0 Å². The van der Waals surface area contributed by atoms with Crippen molar-refractivity contribution in [1.29, 1.82) is 0 Å². The molecule has 1 aromatic carbocycles. The third-order valence-electron chi connectivity index (χ3n) is 2.91. The van der Waals surface area contributed by atoms with Crippen LogP contribution in [0.25, 0.3) is 0 Å². The number of halogens is 1. The molecule has 1 rings (SSSR count). The molecule has 1 aromatic rings. The van der Waals surface area contributed by atoms with Gasteiger partial charge in [-0.05, 0) is 36.3 Å². The molecule has 96 valence electrons. The lowest BCUT2D eigenvalue weighted by atomic mass is 10.1. The van der Waals surface area contributed by atoms with Gasteiger partial charge in [-0.15, -0.1) is 0 Å². The van der Waals surface area contributed by atoms with Crippen LogP contribution in [0.15, 0.2) is 28.7 Å². The van der Waals surface area contributed by atoms with E-state index in [0.717, 1.165) is 10.4 Å². The maximum absolute atomic E-state index is 6.11. The first-order valence-electron chi connectivity index (χ1n) is 6.17. The smallest absolute Gasteiger partial charge is 0.0446 e. The lowest BCUT2D eigenvalue weighted by Gasteiger charge is -2.22. The minimum atomic E-state index is 0.179. The Morgan fingerprint density at radius 1 is 1.35 bits per heavy atom. The molecular weight excluding hydrogens is 294 g/mol. The van der Waals surface area contributed by atoms with E-state index in [-0.39, 0.29) is 6.04 Å². The van der Waals surface area contributed by atoms with Gasteiger partial charge in [-0.3, -0.25) is 0 Å². The van der Waals surface area contributed by atoms with Crippen LogP contribution in [0.3, 0.4) is 0 Å². The molecule has 0 heterocycles. The van der Waals surface area contributed by atoms with E-state index in [2.05, 4.69) is 61.0 Å². The van der Waals surface area contributed by atoms with Crippen molar-refractivity contribution >= 4 is 27.7 Å². The molecule has 17 heavy (non-hydrogen) atoms. The molecule has 0 aliphatic rings. The van der Waals surface area contributed by atoms with Crippen LogP contribution in [0.5, 0.6) is 0 Å². The van der Waals surface area contributed by atoms with E-state index in [1.165, 1.54) is 17.7 Å². The van der Waals surface area contributed by atoms with Crippen LogP contribution >= 0.6 is 27.7 Å². The van der Waals surface area contributed by atoms with Gasteiger partial charge in [-0.2, -0.15) is 11.8 Å². The summed E-state index contributed by atoms with van der Waals surface area (Å²) in [6.07, 6.45) is 1.23. The van der Waals surface area contributed by atoms with Gasteiger partial charge < -0.3 is 5.73 Å². The number of rotatable bonds is 6. The Labute approximate surface area is 118 Å². The number of nitrogens with two attached hydrogens (primary N) is 1. The Morgan fingerprint density at radius 3 is 2.59 bits per heavy atom. The first kappa shape index (κ1) is 15.1. The average molecular weight is 316 g/mol. The fourth-order valence-electron chi connectivity index (χ4n) is 1.62. The fourth-order valence-corrected chi connectivity index (χ4v) is 3.45. The molecule has 0 amide bonds. The summed E-state index contributed by atoms with van der Waals surface area (Å²) in [6.45, 7) is 6.63. The monoisotopic (exact) mass is 315 g/mol. The maximum Gasteiger partial charge on any atom is 0.0446 e. The predicted molar refractivity (Wildman–Crippen MR) is 82.4 cm³/mol. The molecule has 0 bridgehead atoms. The Morgan fingerprint density at radius 2 is 2.06 bits per heavy atom. The van der Waals surface area contributed by atoms with Crippen molar-refractivity contribution in [2.45, 2.75) is 38.5 Å². The highest BCUT2D eigenvalue weighted by Crippen LogP contribution is 2.34. The third kappa shape index (κ3) is 5.02. The quantitative estimate of drug-likeness (QED) is 0.829. The molecule has 3 unspecified atom stereocenters. The van der Waals surface area contributed by atoms with E-state index in [1.54, 1.807) is 0 Å². The maximum atomic E-state index is 6.11. The van der Waals surface area contributed by atoms with Crippen LogP contribution in [0.2, 0.25) is 0 Å². The highest BCUT2D eigenvalue weighted by atomic mass is 79.9. The highest BCUT2D eigenvalue weighted by molar-refractivity contribution is 9.10. The first-order valence-corrected chi connectivity index (χ1v) is 8.01. The Kier molecular flexibility index (Phi) is 6.60. The van der Waals surface area contributed by atoms with E-state index in [1.807, 2.05) is 11.8 Å². The van der Waals surface area contributed by atoms with Crippen LogP contribution in [0.1, 0.15) is 38.0 Å². The molecule has 0 saturated heterocycles. The molecule has 0 spiro atoms. The van der Waals surface area contributed by atoms with Gasteiger partial charge in [-0.1, -0.05) is 48.3 Å². The van der Waals surface area contributed by atoms with Crippen molar-refractivity contribution in [3.63, 3.8) is 0 Å². The van der Waals surface area contributed by atoms with Crippen molar-refractivity contribution in [1.82, 2.24) is 0 Å². The summed E-state index contributed by atoms with van der Waals surface area (Å²) >= 11 is 5.50. The summed E-state index contributed by atoms with van der Waals surface area (Å²) in [6, 6.07) is 8.66. The standard InChI is InChI=1S/C14H22BrNS/c1-4-10(2)9-17-14(11(3)16)12-6-5-7-13(15)8-12/h5-8,10-11,14H,4,9,16H2,1-3H3. The molecule has 0 radical (unpaired) electrons. The number of hydrogen-bond acceptors (Lipinski definition) is 2. The molecule has 0 aromatic heterocycles. The fraction of sp³-hybridized carbons (Fsp3) is 0.571. The zero-order valence-corrected chi connectivity index (χ0v) is 13.2. The Hall–Kier alpha value is 0.01000. The molecule has 2 N–H and O–H groups in total. The minimum absolute atomic E-state index is 0.179. The van der Waals surface area contributed by atoms with Gasteiger partial charge in [0.1, 0.15) is 0 Å². The highest BCUT2D eigenvalue weighted by Gasteiger charge is 2.17. The van der Waals surface area contributed by atoms with Gasteiger partial charge in [0.15, 0.2) is 0 Å². The van der Waals surface area contributed by atoms with Crippen LogP contribution in [0, 0.1) is 5.92 Å². The summed E-state index contributed by atoms with van der Waals surface area (Å²) < 4.78 is 1.13. The molecule has 3 atom stereocenters. The Bertz CT molecular complexity index is 341. The molecule has 0 aliphatic heterocycles. The SMILES string of the molecule is CCC(C)CSC(c1cccc(Br)c1)C(C)N. The second-order valence-corrected chi connectivity index (χ2v) is 6.77. The molecule has 0 fully saturated rings. The summed E-state index contributed by atoms with van der Waals surface area (Å²) in [7, 11) is 0. The van der Waals surface area contributed by atoms with E-state index >= 15 is 0 Å². The number of thioether (sulfide) groups is 1. The molecular formula is C14H22BrNS. The largest absolute Gasteiger partial charge is 0.327 e. The van der Waals surface area contributed by atoms with Crippen molar-refractivity contribution in [2.24, 2.45) is 11.7 Å². The van der Waals surface area contributed by atoms with E-state index in [0.29, 0.717) is 5.25 Å². The van der Waals surface area contributed by atoms with Gasteiger partial charge in [-0.25, -0.2) is 0 Å². The van der Waals surface area contributed by atoms with Gasteiger partial charge in [0.2, 0.25) is 0 Å².